The normalized spacial score (nSPS) is 10.9. The van der Waals surface area contributed by atoms with Crippen molar-refractivity contribution >= 4 is 29.2 Å². The van der Waals surface area contributed by atoms with Crippen molar-refractivity contribution in [1.29, 1.82) is 0 Å². The number of hydrogen-bond donors (Lipinski definition) is 1. The average Bonchev–Trinajstić information content (AvgIpc) is 2.67. The van der Waals surface area contributed by atoms with E-state index in [0.717, 1.165) is 18.4 Å². The molecule has 7 heteroatoms. The van der Waals surface area contributed by atoms with E-state index >= 15 is 0 Å². The van der Waals surface area contributed by atoms with Crippen LogP contribution in [0, 0.1) is 0 Å². The highest BCUT2D eigenvalue weighted by Gasteiger charge is 2.20. The number of carbonyl (C=O) groups is 3. The molecule has 30 heavy (non-hydrogen) atoms. The van der Waals surface area contributed by atoms with Gasteiger partial charge >= 0.3 is 5.97 Å². The van der Waals surface area contributed by atoms with Crippen LogP contribution in [0.5, 0.6) is 0 Å². The number of nitrogens with zero attached hydrogens (tertiary/aromatic N) is 1. The molecule has 0 aliphatic rings. The number of nitrogens with one attached hydrogen (secondary N) is 1. The minimum atomic E-state index is -0.544. The molecule has 0 aliphatic heterocycles. The first-order valence-electron chi connectivity index (χ1n) is 9.87. The van der Waals surface area contributed by atoms with E-state index < -0.39 is 5.97 Å². The Morgan fingerprint density at radius 1 is 1.17 bits per heavy atom. The standard InChI is InChI=1S/C23H32N2O5/c1-7-30-23(28)19-12-11-18(14-20(19)25(5)22(27)15-29-6)24-21(26)13-17(4)10-8-9-16(2)3/h9,11-14H,7-8,10,15H2,1-6H3,(H,24,26)/b17-13+. The molecule has 0 bridgehead atoms. The number of methoxy groups -OCH3 is 1. The van der Waals surface area contributed by atoms with Crippen molar-refractivity contribution in [2.45, 2.75) is 40.5 Å². The van der Waals surface area contributed by atoms with Crippen molar-refractivity contribution in [3.63, 3.8) is 0 Å². The first-order valence-corrected chi connectivity index (χ1v) is 9.87. The number of benzene rings is 1. The van der Waals surface area contributed by atoms with Gasteiger partial charge in [-0.3, -0.25) is 9.59 Å². The lowest BCUT2D eigenvalue weighted by molar-refractivity contribution is -0.121. The van der Waals surface area contributed by atoms with E-state index in [-0.39, 0.29) is 30.6 Å². The van der Waals surface area contributed by atoms with Gasteiger partial charge in [0.15, 0.2) is 0 Å². The fourth-order valence-corrected chi connectivity index (χ4v) is 2.69. The van der Waals surface area contributed by atoms with Crippen LogP contribution >= 0.6 is 0 Å². The van der Waals surface area contributed by atoms with E-state index in [9.17, 15) is 14.4 Å². The largest absolute Gasteiger partial charge is 0.462 e. The van der Waals surface area contributed by atoms with Crippen molar-refractivity contribution in [3.8, 4) is 0 Å². The summed E-state index contributed by atoms with van der Waals surface area (Å²) in [6.07, 6.45) is 5.35. The van der Waals surface area contributed by atoms with Gasteiger partial charge in [0.1, 0.15) is 6.61 Å². The van der Waals surface area contributed by atoms with E-state index in [0.29, 0.717) is 11.4 Å². The summed E-state index contributed by atoms with van der Waals surface area (Å²) in [5, 5.41) is 2.78. The summed E-state index contributed by atoms with van der Waals surface area (Å²) in [5.41, 5.74) is 3.23. The molecule has 1 aromatic rings. The third kappa shape index (κ3) is 8.21. The summed E-state index contributed by atoms with van der Waals surface area (Å²) in [5.74, 6) is -1.15. The number of hydrogen-bond acceptors (Lipinski definition) is 5. The van der Waals surface area contributed by atoms with Crippen LogP contribution < -0.4 is 10.2 Å². The molecule has 0 unspecified atom stereocenters. The van der Waals surface area contributed by atoms with Crippen LogP contribution in [0.15, 0.2) is 41.5 Å². The fraction of sp³-hybridized carbons (Fsp3) is 0.435. The number of likely N-dealkylation sites (N-methyl/N-ethyl adjacent to an activating group) is 1. The minimum Gasteiger partial charge on any atom is -0.462 e. The van der Waals surface area contributed by atoms with Crippen molar-refractivity contribution in [2.75, 3.05) is 37.6 Å². The van der Waals surface area contributed by atoms with Gasteiger partial charge in [0, 0.05) is 25.9 Å². The van der Waals surface area contributed by atoms with E-state index in [4.69, 9.17) is 9.47 Å². The van der Waals surface area contributed by atoms with Gasteiger partial charge in [0.25, 0.3) is 5.91 Å². The SMILES string of the molecule is CCOC(=O)c1ccc(NC(=O)/C=C(\C)CCC=C(C)C)cc1N(C)C(=O)COC. The fourth-order valence-electron chi connectivity index (χ4n) is 2.69. The zero-order chi connectivity index (χ0) is 22.7. The van der Waals surface area contributed by atoms with Gasteiger partial charge in [0.05, 0.1) is 17.9 Å². The average molecular weight is 417 g/mol. The van der Waals surface area contributed by atoms with Gasteiger partial charge in [-0.25, -0.2) is 4.79 Å². The lowest BCUT2D eigenvalue weighted by Crippen LogP contribution is -2.31. The molecular formula is C23H32N2O5. The summed E-state index contributed by atoms with van der Waals surface area (Å²) in [4.78, 5) is 38.2. The minimum absolute atomic E-state index is 0.136. The molecule has 0 atom stereocenters. The number of ether oxygens (including phenoxy) is 2. The Morgan fingerprint density at radius 2 is 1.87 bits per heavy atom. The van der Waals surface area contributed by atoms with Crippen LogP contribution in [0.25, 0.3) is 0 Å². The van der Waals surface area contributed by atoms with Crippen molar-refractivity contribution in [1.82, 2.24) is 0 Å². The van der Waals surface area contributed by atoms with Gasteiger partial charge in [-0.1, -0.05) is 17.2 Å². The van der Waals surface area contributed by atoms with Gasteiger partial charge in [-0.2, -0.15) is 0 Å². The number of carbonyl (C=O) groups excluding carboxylic acids is 3. The van der Waals surface area contributed by atoms with Gasteiger partial charge in [-0.05, 0) is 58.7 Å². The first-order chi connectivity index (χ1) is 14.2. The summed E-state index contributed by atoms with van der Waals surface area (Å²) < 4.78 is 9.97. The maximum atomic E-state index is 12.4. The van der Waals surface area contributed by atoms with Crippen LogP contribution in [0.2, 0.25) is 0 Å². The molecule has 0 aromatic heterocycles. The van der Waals surface area contributed by atoms with Crippen LogP contribution in [0.4, 0.5) is 11.4 Å². The van der Waals surface area contributed by atoms with Crippen molar-refractivity contribution in [2.24, 2.45) is 0 Å². The lowest BCUT2D eigenvalue weighted by Gasteiger charge is -2.21. The molecule has 0 heterocycles. The molecule has 0 fully saturated rings. The zero-order valence-corrected chi connectivity index (χ0v) is 18.7. The van der Waals surface area contributed by atoms with E-state index in [2.05, 4.69) is 11.4 Å². The molecule has 1 N–H and O–H groups in total. The number of allylic oxidation sites excluding steroid dienone is 3. The predicted molar refractivity (Wildman–Crippen MR) is 119 cm³/mol. The van der Waals surface area contributed by atoms with Crippen LogP contribution in [0.1, 0.15) is 50.9 Å². The molecule has 0 aliphatic carbocycles. The Kier molecular flexibility index (Phi) is 10.5. The predicted octanol–water partition coefficient (Wildman–Crippen LogP) is 4.10. The van der Waals surface area contributed by atoms with Gasteiger partial charge in [0.2, 0.25) is 5.91 Å². The second-order valence-corrected chi connectivity index (χ2v) is 7.14. The molecular weight excluding hydrogens is 384 g/mol. The van der Waals surface area contributed by atoms with E-state index in [1.807, 2.05) is 20.8 Å². The van der Waals surface area contributed by atoms with Crippen molar-refractivity contribution in [3.05, 3.63) is 47.1 Å². The monoisotopic (exact) mass is 416 g/mol. The van der Waals surface area contributed by atoms with Crippen LogP contribution in [-0.2, 0) is 19.1 Å². The molecule has 7 nitrogen and oxygen atoms in total. The van der Waals surface area contributed by atoms with E-state index in [1.54, 1.807) is 25.1 Å². The molecule has 0 spiro atoms. The van der Waals surface area contributed by atoms with Gasteiger partial charge in [-0.15, -0.1) is 0 Å². The maximum Gasteiger partial charge on any atom is 0.340 e. The Morgan fingerprint density at radius 3 is 2.47 bits per heavy atom. The van der Waals surface area contributed by atoms with Crippen molar-refractivity contribution < 1.29 is 23.9 Å². The molecule has 2 amide bonds. The summed E-state index contributed by atoms with van der Waals surface area (Å²) in [7, 11) is 2.96. The summed E-state index contributed by atoms with van der Waals surface area (Å²) >= 11 is 0. The van der Waals surface area contributed by atoms with Crippen LogP contribution in [0.3, 0.4) is 0 Å². The number of amides is 2. The number of rotatable bonds is 10. The third-order valence-electron chi connectivity index (χ3n) is 4.23. The first kappa shape index (κ1) is 25.1. The smallest absolute Gasteiger partial charge is 0.340 e. The third-order valence-corrected chi connectivity index (χ3v) is 4.23. The van der Waals surface area contributed by atoms with Gasteiger partial charge < -0.3 is 19.7 Å². The molecule has 0 radical (unpaired) electrons. The lowest BCUT2D eigenvalue weighted by atomic mass is 10.1. The maximum absolute atomic E-state index is 12.4. The number of esters is 1. The topological polar surface area (TPSA) is 84.9 Å². The molecule has 0 saturated carbocycles. The Hall–Kier alpha value is -2.93. The van der Waals surface area contributed by atoms with Crippen LogP contribution in [-0.4, -0.2) is 45.2 Å². The molecule has 0 saturated heterocycles. The second kappa shape index (κ2) is 12.6. The second-order valence-electron chi connectivity index (χ2n) is 7.14. The Balaban J connectivity index is 3.06. The zero-order valence-electron chi connectivity index (χ0n) is 18.7. The quantitative estimate of drug-likeness (QED) is 0.353. The summed E-state index contributed by atoms with van der Waals surface area (Å²) in [6.45, 7) is 7.77. The van der Waals surface area contributed by atoms with E-state index in [1.165, 1.54) is 30.7 Å². The molecule has 1 aromatic carbocycles. The Bertz CT molecular complexity index is 823. The summed E-state index contributed by atoms with van der Waals surface area (Å²) in [6, 6.07) is 4.71. The Labute approximate surface area is 178 Å². The molecule has 1 rings (SSSR count). The highest BCUT2D eigenvalue weighted by molar-refractivity contribution is 6.05. The number of anilines is 2. The molecule has 164 valence electrons. The highest BCUT2D eigenvalue weighted by atomic mass is 16.5. The highest BCUT2D eigenvalue weighted by Crippen LogP contribution is 2.25.